The number of nitrogens with one attached hydrogen (secondary N) is 1. The fraction of sp³-hybridized carbons (Fsp3) is 0.667. The predicted octanol–water partition coefficient (Wildman–Crippen LogP) is 3.27. The van der Waals surface area contributed by atoms with Crippen molar-refractivity contribution in [3.05, 3.63) is 12.7 Å². The summed E-state index contributed by atoms with van der Waals surface area (Å²) in [6.45, 7) is 6.61. The maximum absolute atomic E-state index is 12.3. The zero-order chi connectivity index (χ0) is 15.9. The monoisotopic (exact) mass is 340 g/mol. The number of carbonyl (C=O) groups excluding carboxylic acids is 1. The lowest BCUT2D eigenvalue weighted by molar-refractivity contribution is -0.129. The standard InChI is InChI=1S/C15H24N4OS2/c1-4-9-16-14-17-18-15(22-14)21-10-13(20)19(3)12-7-5-11(2)6-8-12/h4,11-12H,1,5-10H2,2-3H3,(H,16,17). The van der Waals surface area contributed by atoms with E-state index in [1.54, 1.807) is 6.08 Å². The molecule has 1 fully saturated rings. The molecule has 0 bridgehead atoms. The van der Waals surface area contributed by atoms with Crippen LogP contribution in [0.15, 0.2) is 17.0 Å². The Balaban J connectivity index is 1.76. The van der Waals surface area contributed by atoms with Crippen LogP contribution in [-0.2, 0) is 4.79 Å². The number of carbonyl (C=O) groups is 1. The summed E-state index contributed by atoms with van der Waals surface area (Å²) in [4.78, 5) is 14.2. The Morgan fingerprint density at radius 2 is 2.18 bits per heavy atom. The van der Waals surface area contributed by atoms with E-state index in [0.29, 0.717) is 18.3 Å². The summed E-state index contributed by atoms with van der Waals surface area (Å²) < 4.78 is 0.825. The van der Waals surface area contributed by atoms with Gasteiger partial charge in [-0.25, -0.2) is 0 Å². The van der Waals surface area contributed by atoms with Gasteiger partial charge in [0.1, 0.15) is 0 Å². The third kappa shape index (κ3) is 4.98. The van der Waals surface area contributed by atoms with Gasteiger partial charge in [-0.2, -0.15) is 0 Å². The van der Waals surface area contributed by atoms with Crippen molar-refractivity contribution in [2.75, 3.05) is 24.7 Å². The predicted molar refractivity (Wildman–Crippen MR) is 93.5 cm³/mol. The molecule has 1 amide bonds. The minimum absolute atomic E-state index is 0.181. The maximum atomic E-state index is 12.3. The largest absolute Gasteiger partial charge is 0.357 e. The second-order valence-electron chi connectivity index (χ2n) is 5.75. The third-order valence-corrected chi connectivity index (χ3v) is 6.05. The molecule has 22 heavy (non-hydrogen) atoms. The molecule has 1 aliphatic carbocycles. The van der Waals surface area contributed by atoms with Crippen LogP contribution < -0.4 is 5.32 Å². The number of amides is 1. The number of rotatable bonds is 7. The second kappa shape index (κ2) is 8.53. The minimum atomic E-state index is 0.181. The number of hydrogen-bond donors (Lipinski definition) is 1. The number of thioether (sulfide) groups is 1. The molecule has 7 heteroatoms. The molecule has 122 valence electrons. The van der Waals surface area contributed by atoms with Crippen LogP contribution in [0.25, 0.3) is 0 Å². The lowest BCUT2D eigenvalue weighted by Gasteiger charge is -2.33. The van der Waals surface area contributed by atoms with Gasteiger partial charge in [0, 0.05) is 19.6 Å². The molecule has 1 aliphatic rings. The lowest BCUT2D eigenvalue weighted by Crippen LogP contribution is -2.40. The first-order valence-electron chi connectivity index (χ1n) is 7.67. The Bertz CT molecular complexity index is 497. The highest BCUT2D eigenvalue weighted by atomic mass is 32.2. The van der Waals surface area contributed by atoms with Gasteiger partial charge >= 0.3 is 0 Å². The van der Waals surface area contributed by atoms with Crippen LogP contribution in [0.1, 0.15) is 32.6 Å². The average molecular weight is 341 g/mol. The molecule has 0 unspecified atom stereocenters. The van der Waals surface area contributed by atoms with Crippen LogP contribution in [0.4, 0.5) is 5.13 Å². The van der Waals surface area contributed by atoms with Gasteiger partial charge in [-0.1, -0.05) is 36.1 Å². The Morgan fingerprint density at radius 3 is 2.86 bits per heavy atom. The molecule has 2 rings (SSSR count). The molecule has 0 saturated heterocycles. The van der Waals surface area contributed by atoms with Crippen molar-refractivity contribution in [3.8, 4) is 0 Å². The highest BCUT2D eigenvalue weighted by Crippen LogP contribution is 2.28. The Hall–Kier alpha value is -1.08. The van der Waals surface area contributed by atoms with E-state index in [-0.39, 0.29) is 5.91 Å². The summed E-state index contributed by atoms with van der Waals surface area (Å²) in [6.07, 6.45) is 6.48. The summed E-state index contributed by atoms with van der Waals surface area (Å²) in [5, 5.41) is 12.0. The molecule has 1 N–H and O–H groups in total. The van der Waals surface area contributed by atoms with Gasteiger partial charge < -0.3 is 10.2 Å². The van der Waals surface area contributed by atoms with Crippen molar-refractivity contribution < 1.29 is 4.79 Å². The van der Waals surface area contributed by atoms with Crippen LogP contribution in [0, 0.1) is 5.92 Å². The molecule has 0 aliphatic heterocycles. The topological polar surface area (TPSA) is 58.1 Å². The molecule has 0 atom stereocenters. The van der Waals surface area contributed by atoms with Crippen molar-refractivity contribution in [3.63, 3.8) is 0 Å². The van der Waals surface area contributed by atoms with Crippen LogP contribution >= 0.6 is 23.1 Å². The van der Waals surface area contributed by atoms with Gasteiger partial charge in [-0.3, -0.25) is 4.79 Å². The maximum Gasteiger partial charge on any atom is 0.233 e. The van der Waals surface area contributed by atoms with Crippen LogP contribution in [-0.4, -0.2) is 46.4 Å². The first kappa shape index (κ1) is 17.3. The van der Waals surface area contributed by atoms with E-state index in [9.17, 15) is 4.79 Å². The SMILES string of the molecule is C=CCNc1nnc(SCC(=O)N(C)C2CCC(C)CC2)s1. The molecule has 1 aromatic rings. The molecule has 5 nitrogen and oxygen atoms in total. The first-order valence-corrected chi connectivity index (χ1v) is 9.47. The number of anilines is 1. The second-order valence-corrected chi connectivity index (χ2v) is 7.95. The van der Waals surface area contributed by atoms with E-state index in [1.165, 1.54) is 35.9 Å². The average Bonchev–Trinajstić information content (AvgIpc) is 2.98. The summed E-state index contributed by atoms with van der Waals surface area (Å²) >= 11 is 2.94. The van der Waals surface area contributed by atoms with Gasteiger partial charge in [-0.05, 0) is 31.6 Å². The van der Waals surface area contributed by atoms with E-state index in [1.807, 2.05) is 11.9 Å². The Labute approximate surface area is 140 Å². The molecule has 0 spiro atoms. The van der Waals surface area contributed by atoms with Gasteiger partial charge in [0.25, 0.3) is 0 Å². The quantitative estimate of drug-likeness (QED) is 0.610. The molecule has 1 heterocycles. The minimum Gasteiger partial charge on any atom is -0.357 e. The first-order chi connectivity index (χ1) is 10.6. The van der Waals surface area contributed by atoms with Gasteiger partial charge in [-0.15, -0.1) is 16.8 Å². The van der Waals surface area contributed by atoms with Crippen LogP contribution in [0.5, 0.6) is 0 Å². The molecule has 0 radical (unpaired) electrons. The summed E-state index contributed by atoms with van der Waals surface area (Å²) in [5.41, 5.74) is 0. The normalized spacial score (nSPS) is 21.4. The van der Waals surface area contributed by atoms with Crippen molar-refractivity contribution >= 4 is 34.1 Å². The van der Waals surface area contributed by atoms with E-state index < -0.39 is 0 Å². The van der Waals surface area contributed by atoms with Crippen LogP contribution in [0.2, 0.25) is 0 Å². The molecule has 1 saturated carbocycles. The highest BCUT2D eigenvalue weighted by molar-refractivity contribution is 8.01. The van der Waals surface area contributed by atoms with Crippen molar-refractivity contribution in [2.24, 2.45) is 5.92 Å². The van der Waals surface area contributed by atoms with Crippen molar-refractivity contribution in [1.82, 2.24) is 15.1 Å². The summed E-state index contributed by atoms with van der Waals surface area (Å²) in [5.74, 6) is 1.41. The Morgan fingerprint density at radius 1 is 1.45 bits per heavy atom. The number of aromatic nitrogens is 2. The summed E-state index contributed by atoms with van der Waals surface area (Å²) in [7, 11) is 1.93. The fourth-order valence-electron chi connectivity index (χ4n) is 2.56. The number of hydrogen-bond acceptors (Lipinski definition) is 6. The fourth-order valence-corrected chi connectivity index (χ4v) is 4.24. The van der Waals surface area contributed by atoms with Gasteiger partial charge in [0.15, 0.2) is 4.34 Å². The molecular formula is C15H24N4OS2. The zero-order valence-electron chi connectivity index (χ0n) is 13.2. The summed E-state index contributed by atoms with van der Waals surface area (Å²) in [6, 6.07) is 0.406. The lowest BCUT2D eigenvalue weighted by atomic mass is 9.87. The number of nitrogens with zero attached hydrogens (tertiary/aromatic N) is 3. The molecule has 0 aromatic carbocycles. The van der Waals surface area contributed by atoms with Crippen molar-refractivity contribution in [2.45, 2.75) is 43.0 Å². The van der Waals surface area contributed by atoms with Crippen molar-refractivity contribution in [1.29, 1.82) is 0 Å². The van der Waals surface area contributed by atoms with E-state index >= 15 is 0 Å². The highest BCUT2D eigenvalue weighted by Gasteiger charge is 2.24. The zero-order valence-corrected chi connectivity index (χ0v) is 14.9. The van der Waals surface area contributed by atoms with Gasteiger partial charge in [0.2, 0.25) is 11.0 Å². The van der Waals surface area contributed by atoms with Crippen LogP contribution in [0.3, 0.4) is 0 Å². The third-order valence-electron chi connectivity index (χ3n) is 4.05. The van der Waals surface area contributed by atoms with E-state index in [0.717, 1.165) is 28.2 Å². The molecular weight excluding hydrogens is 316 g/mol. The smallest absolute Gasteiger partial charge is 0.233 e. The van der Waals surface area contributed by atoms with Gasteiger partial charge in [0.05, 0.1) is 5.75 Å². The Kier molecular flexibility index (Phi) is 6.70. The molecule has 1 aromatic heterocycles. The van der Waals surface area contributed by atoms with E-state index in [2.05, 4.69) is 29.0 Å². The van der Waals surface area contributed by atoms with E-state index in [4.69, 9.17) is 0 Å².